The van der Waals surface area contributed by atoms with Crippen LogP contribution >= 0.6 is 11.8 Å². The SMILES string of the molecule is CC[C@@H]1N=C(N)S[C@H]1C. The van der Waals surface area contributed by atoms with Gasteiger partial charge in [0.2, 0.25) is 0 Å². The molecular weight excluding hydrogens is 132 g/mol. The van der Waals surface area contributed by atoms with Gasteiger partial charge in [-0.3, -0.25) is 4.99 Å². The largest absolute Gasteiger partial charge is 0.379 e. The quantitative estimate of drug-likeness (QED) is 0.601. The molecule has 0 aromatic rings. The third kappa shape index (κ3) is 1.39. The zero-order valence-electron chi connectivity index (χ0n) is 5.79. The van der Waals surface area contributed by atoms with E-state index in [1.165, 1.54) is 0 Å². The van der Waals surface area contributed by atoms with Crippen molar-refractivity contribution in [3.63, 3.8) is 0 Å². The zero-order chi connectivity index (χ0) is 6.85. The maximum atomic E-state index is 5.50. The molecule has 0 saturated carbocycles. The highest BCUT2D eigenvalue weighted by atomic mass is 32.2. The summed E-state index contributed by atoms with van der Waals surface area (Å²) in [7, 11) is 0. The van der Waals surface area contributed by atoms with Crippen molar-refractivity contribution in [2.75, 3.05) is 0 Å². The molecule has 1 rings (SSSR count). The first-order valence-electron chi connectivity index (χ1n) is 3.24. The monoisotopic (exact) mass is 144 g/mol. The summed E-state index contributed by atoms with van der Waals surface area (Å²) in [6.07, 6.45) is 1.11. The average Bonchev–Trinajstić information content (AvgIpc) is 2.10. The number of amidine groups is 1. The highest BCUT2D eigenvalue weighted by molar-refractivity contribution is 8.14. The Balaban J connectivity index is 2.53. The molecule has 3 heteroatoms. The molecule has 0 aromatic heterocycles. The molecule has 0 spiro atoms. The lowest BCUT2D eigenvalue weighted by atomic mass is 10.2. The van der Waals surface area contributed by atoms with Gasteiger partial charge in [-0.05, 0) is 6.42 Å². The van der Waals surface area contributed by atoms with Crippen LogP contribution < -0.4 is 5.73 Å². The second kappa shape index (κ2) is 2.60. The van der Waals surface area contributed by atoms with Crippen molar-refractivity contribution in [2.24, 2.45) is 10.7 Å². The minimum Gasteiger partial charge on any atom is -0.379 e. The molecular formula is C6H12N2S. The molecule has 0 unspecified atom stereocenters. The summed E-state index contributed by atoms with van der Waals surface area (Å²) >= 11 is 1.68. The van der Waals surface area contributed by atoms with Crippen LogP contribution in [-0.2, 0) is 0 Å². The molecule has 2 atom stereocenters. The van der Waals surface area contributed by atoms with Crippen LogP contribution in [0.4, 0.5) is 0 Å². The van der Waals surface area contributed by atoms with Gasteiger partial charge in [-0.25, -0.2) is 0 Å². The van der Waals surface area contributed by atoms with Crippen molar-refractivity contribution in [3.05, 3.63) is 0 Å². The second-order valence-electron chi connectivity index (χ2n) is 2.27. The van der Waals surface area contributed by atoms with Gasteiger partial charge in [0.05, 0.1) is 6.04 Å². The van der Waals surface area contributed by atoms with E-state index in [2.05, 4.69) is 18.8 Å². The van der Waals surface area contributed by atoms with Crippen molar-refractivity contribution in [1.82, 2.24) is 0 Å². The van der Waals surface area contributed by atoms with E-state index in [1.807, 2.05) is 0 Å². The van der Waals surface area contributed by atoms with Crippen molar-refractivity contribution >= 4 is 16.9 Å². The lowest BCUT2D eigenvalue weighted by molar-refractivity contribution is 0.656. The molecule has 0 amide bonds. The summed E-state index contributed by atoms with van der Waals surface area (Å²) in [6, 6.07) is 0.468. The van der Waals surface area contributed by atoms with Gasteiger partial charge in [0.15, 0.2) is 5.17 Å². The van der Waals surface area contributed by atoms with Crippen molar-refractivity contribution in [3.8, 4) is 0 Å². The van der Waals surface area contributed by atoms with Crippen LogP contribution in [0.5, 0.6) is 0 Å². The Hall–Kier alpha value is -0.180. The van der Waals surface area contributed by atoms with Gasteiger partial charge in [-0.1, -0.05) is 25.6 Å². The van der Waals surface area contributed by atoms with E-state index in [0.29, 0.717) is 11.3 Å². The van der Waals surface area contributed by atoms with E-state index in [1.54, 1.807) is 11.8 Å². The number of rotatable bonds is 1. The Labute approximate surface area is 59.9 Å². The lowest BCUT2D eigenvalue weighted by Gasteiger charge is -2.06. The second-order valence-corrected chi connectivity index (χ2v) is 3.66. The Morgan fingerprint density at radius 1 is 1.78 bits per heavy atom. The third-order valence-corrected chi connectivity index (χ3v) is 2.59. The Morgan fingerprint density at radius 3 is 2.67 bits per heavy atom. The molecule has 0 saturated heterocycles. The third-order valence-electron chi connectivity index (χ3n) is 1.56. The molecule has 0 radical (unpaired) electrons. The Kier molecular flexibility index (Phi) is 2.01. The average molecular weight is 144 g/mol. The number of aliphatic imine (C=N–C) groups is 1. The van der Waals surface area contributed by atoms with Gasteiger partial charge in [-0.15, -0.1) is 0 Å². The first-order valence-corrected chi connectivity index (χ1v) is 4.12. The molecule has 0 bridgehead atoms. The van der Waals surface area contributed by atoms with Crippen LogP contribution in [-0.4, -0.2) is 16.5 Å². The lowest BCUT2D eigenvalue weighted by Crippen LogP contribution is -2.11. The summed E-state index contributed by atoms with van der Waals surface area (Å²) in [4.78, 5) is 4.25. The van der Waals surface area contributed by atoms with Gasteiger partial charge in [0.25, 0.3) is 0 Å². The Bertz CT molecular complexity index is 133. The molecule has 2 nitrogen and oxygen atoms in total. The summed E-state index contributed by atoms with van der Waals surface area (Å²) in [6.45, 7) is 4.31. The van der Waals surface area contributed by atoms with Crippen LogP contribution in [0.1, 0.15) is 20.3 Å². The smallest absolute Gasteiger partial charge is 0.154 e. The minimum atomic E-state index is 0.468. The number of thioether (sulfide) groups is 1. The highest BCUT2D eigenvalue weighted by Crippen LogP contribution is 2.25. The fourth-order valence-corrected chi connectivity index (χ4v) is 1.98. The van der Waals surface area contributed by atoms with E-state index in [-0.39, 0.29) is 0 Å². The van der Waals surface area contributed by atoms with Gasteiger partial charge in [0.1, 0.15) is 0 Å². The fourth-order valence-electron chi connectivity index (χ4n) is 0.991. The van der Waals surface area contributed by atoms with Crippen molar-refractivity contribution in [1.29, 1.82) is 0 Å². The van der Waals surface area contributed by atoms with Crippen LogP contribution in [0.2, 0.25) is 0 Å². The van der Waals surface area contributed by atoms with Gasteiger partial charge in [0, 0.05) is 5.25 Å². The van der Waals surface area contributed by atoms with Crippen molar-refractivity contribution < 1.29 is 0 Å². The molecule has 2 N–H and O–H groups in total. The topological polar surface area (TPSA) is 38.4 Å². The molecule has 0 aromatic carbocycles. The van der Waals surface area contributed by atoms with E-state index in [0.717, 1.165) is 11.6 Å². The van der Waals surface area contributed by atoms with Gasteiger partial charge < -0.3 is 5.73 Å². The first-order chi connectivity index (χ1) is 4.24. The first kappa shape index (κ1) is 6.93. The molecule has 0 aliphatic carbocycles. The van der Waals surface area contributed by atoms with E-state index in [4.69, 9.17) is 5.73 Å². The number of hydrogen-bond donors (Lipinski definition) is 1. The maximum absolute atomic E-state index is 5.50. The number of nitrogens with zero attached hydrogens (tertiary/aromatic N) is 1. The fraction of sp³-hybridized carbons (Fsp3) is 0.833. The van der Waals surface area contributed by atoms with Gasteiger partial charge >= 0.3 is 0 Å². The minimum absolute atomic E-state index is 0.468. The molecule has 9 heavy (non-hydrogen) atoms. The molecule has 52 valence electrons. The van der Waals surface area contributed by atoms with Crippen LogP contribution in [0.15, 0.2) is 4.99 Å². The summed E-state index contributed by atoms with van der Waals surface area (Å²) in [5.74, 6) is 0. The summed E-state index contributed by atoms with van der Waals surface area (Å²) in [5, 5.41) is 1.35. The van der Waals surface area contributed by atoms with Crippen LogP contribution in [0, 0.1) is 0 Å². The number of nitrogens with two attached hydrogens (primary N) is 1. The highest BCUT2D eigenvalue weighted by Gasteiger charge is 2.22. The molecule has 0 fully saturated rings. The standard InChI is InChI=1S/C6H12N2S/c1-3-5-4(2)9-6(7)8-5/h4-5H,3H2,1-2H3,(H2,7,8)/t4-,5-/m0/s1. The van der Waals surface area contributed by atoms with E-state index in [9.17, 15) is 0 Å². The predicted molar refractivity (Wildman–Crippen MR) is 42.8 cm³/mol. The molecule has 1 aliphatic heterocycles. The number of hydrogen-bond acceptors (Lipinski definition) is 3. The van der Waals surface area contributed by atoms with Crippen molar-refractivity contribution in [2.45, 2.75) is 31.6 Å². The van der Waals surface area contributed by atoms with E-state index < -0.39 is 0 Å². The van der Waals surface area contributed by atoms with Crippen LogP contribution in [0.25, 0.3) is 0 Å². The summed E-state index contributed by atoms with van der Waals surface area (Å²) < 4.78 is 0. The normalized spacial score (nSPS) is 34.7. The molecule has 1 heterocycles. The predicted octanol–water partition coefficient (Wildman–Crippen LogP) is 1.22. The van der Waals surface area contributed by atoms with Gasteiger partial charge in [-0.2, -0.15) is 0 Å². The summed E-state index contributed by atoms with van der Waals surface area (Å²) in [5.41, 5.74) is 5.50. The zero-order valence-corrected chi connectivity index (χ0v) is 6.61. The van der Waals surface area contributed by atoms with Crippen LogP contribution in [0.3, 0.4) is 0 Å². The molecule has 1 aliphatic rings. The Morgan fingerprint density at radius 2 is 2.44 bits per heavy atom. The maximum Gasteiger partial charge on any atom is 0.154 e. The van der Waals surface area contributed by atoms with E-state index >= 15 is 0 Å².